The molecule has 2 unspecified atom stereocenters. The van der Waals surface area contributed by atoms with Crippen molar-refractivity contribution in [3.63, 3.8) is 0 Å². The number of hydrogen-bond acceptors (Lipinski definition) is 3. The average molecular weight is 251 g/mol. The minimum absolute atomic E-state index is 0.0980. The largest absolute Gasteiger partial charge is 0.497 e. The number of nitrogens with one attached hydrogen (secondary N) is 1. The Hall–Kier alpha value is -1.22. The third kappa shape index (κ3) is 4.57. The van der Waals surface area contributed by atoms with Crippen LogP contribution in [0.4, 0.5) is 5.69 Å². The van der Waals surface area contributed by atoms with E-state index in [4.69, 9.17) is 4.74 Å². The lowest BCUT2D eigenvalue weighted by Gasteiger charge is -2.25. The second-order valence-electron chi connectivity index (χ2n) is 5.27. The van der Waals surface area contributed by atoms with Crippen molar-refractivity contribution < 1.29 is 9.84 Å². The van der Waals surface area contributed by atoms with Gasteiger partial charge >= 0.3 is 0 Å². The fourth-order valence-electron chi connectivity index (χ4n) is 2.18. The molecule has 1 aromatic rings. The van der Waals surface area contributed by atoms with E-state index in [1.165, 1.54) is 0 Å². The van der Waals surface area contributed by atoms with E-state index < -0.39 is 0 Å². The zero-order chi connectivity index (χ0) is 13.5. The van der Waals surface area contributed by atoms with Crippen LogP contribution in [0.5, 0.6) is 5.75 Å². The van der Waals surface area contributed by atoms with Crippen molar-refractivity contribution >= 4 is 5.69 Å². The van der Waals surface area contributed by atoms with Gasteiger partial charge in [0, 0.05) is 5.69 Å². The van der Waals surface area contributed by atoms with Crippen LogP contribution in [0.15, 0.2) is 24.3 Å². The predicted octanol–water partition coefficient (Wildman–Crippen LogP) is 3.15. The van der Waals surface area contributed by atoms with Gasteiger partial charge in [-0.25, -0.2) is 0 Å². The molecule has 2 N–H and O–H groups in total. The van der Waals surface area contributed by atoms with Crippen molar-refractivity contribution in [1.82, 2.24) is 0 Å². The first kappa shape index (κ1) is 14.8. The molecule has 2 atom stereocenters. The molecule has 0 amide bonds. The van der Waals surface area contributed by atoms with Crippen LogP contribution in [-0.2, 0) is 0 Å². The molecule has 1 aromatic carbocycles. The number of benzene rings is 1. The molecule has 0 aliphatic heterocycles. The van der Waals surface area contributed by atoms with Crippen LogP contribution in [0.1, 0.15) is 27.2 Å². The van der Waals surface area contributed by atoms with Crippen molar-refractivity contribution in [3.8, 4) is 5.75 Å². The maximum atomic E-state index is 9.48. The fraction of sp³-hybridized carbons (Fsp3) is 0.600. The van der Waals surface area contributed by atoms with E-state index in [2.05, 4.69) is 26.1 Å². The second kappa shape index (κ2) is 7.27. The minimum Gasteiger partial charge on any atom is -0.497 e. The summed E-state index contributed by atoms with van der Waals surface area (Å²) in [6.45, 7) is 6.74. The standard InChI is InChI=1S/C15H25NO2/c1-11(2)9-12(3)15(10-17)16-13-5-7-14(18-4)8-6-13/h5-8,11-12,15-17H,9-10H2,1-4H3. The molecule has 3 nitrogen and oxygen atoms in total. The summed E-state index contributed by atoms with van der Waals surface area (Å²) in [5.74, 6) is 1.93. The molecule has 0 aromatic heterocycles. The topological polar surface area (TPSA) is 41.5 Å². The van der Waals surface area contributed by atoms with Crippen LogP contribution in [0.3, 0.4) is 0 Å². The van der Waals surface area contributed by atoms with Gasteiger partial charge in [-0.1, -0.05) is 20.8 Å². The Labute approximate surface area is 110 Å². The molecule has 0 bridgehead atoms. The highest BCUT2D eigenvalue weighted by Gasteiger charge is 2.17. The molecule has 18 heavy (non-hydrogen) atoms. The van der Waals surface area contributed by atoms with Crippen LogP contribution in [-0.4, -0.2) is 24.9 Å². The molecule has 0 saturated carbocycles. The molecule has 0 saturated heterocycles. The number of ether oxygens (including phenoxy) is 1. The first-order chi connectivity index (χ1) is 8.56. The zero-order valence-corrected chi connectivity index (χ0v) is 11.8. The van der Waals surface area contributed by atoms with Gasteiger partial charge in [0.15, 0.2) is 0 Å². The third-order valence-corrected chi connectivity index (χ3v) is 3.17. The normalized spacial score (nSPS) is 14.3. The summed E-state index contributed by atoms with van der Waals surface area (Å²) in [4.78, 5) is 0. The summed E-state index contributed by atoms with van der Waals surface area (Å²) in [6.07, 6.45) is 1.11. The summed E-state index contributed by atoms with van der Waals surface area (Å²) in [7, 11) is 1.66. The van der Waals surface area contributed by atoms with Crippen LogP contribution in [0, 0.1) is 11.8 Å². The van der Waals surface area contributed by atoms with Gasteiger partial charge in [0.1, 0.15) is 5.75 Å². The molecule has 0 heterocycles. The van der Waals surface area contributed by atoms with Crippen molar-refractivity contribution in [2.45, 2.75) is 33.2 Å². The smallest absolute Gasteiger partial charge is 0.119 e. The summed E-state index contributed by atoms with van der Waals surface area (Å²) < 4.78 is 5.12. The first-order valence-corrected chi connectivity index (χ1v) is 6.58. The highest BCUT2D eigenvalue weighted by atomic mass is 16.5. The molecule has 0 spiro atoms. The third-order valence-electron chi connectivity index (χ3n) is 3.17. The minimum atomic E-state index is 0.0980. The fourth-order valence-corrected chi connectivity index (χ4v) is 2.18. The van der Waals surface area contributed by atoms with Crippen molar-refractivity contribution in [1.29, 1.82) is 0 Å². The molecule has 1 rings (SSSR count). The molecule has 0 fully saturated rings. The Morgan fingerprint density at radius 1 is 1.17 bits per heavy atom. The second-order valence-corrected chi connectivity index (χ2v) is 5.27. The van der Waals surface area contributed by atoms with Gasteiger partial charge in [-0.15, -0.1) is 0 Å². The van der Waals surface area contributed by atoms with E-state index in [9.17, 15) is 5.11 Å². The Morgan fingerprint density at radius 2 is 1.78 bits per heavy atom. The Balaban J connectivity index is 2.61. The maximum Gasteiger partial charge on any atom is 0.119 e. The predicted molar refractivity (Wildman–Crippen MR) is 76.1 cm³/mol. The van der Waals surface area contributed by atoms with E-state index in [1.807, 2.05) is 24.3 Å². The highest BCUT2D eigenvalue weighted by molar-refractivity contribution is 5.47. The van der Waals surface area contributed by atoms with E-state index in [-0.39, 0.29) is 12.6 Å². The molecular weight excluding hydrogens is 226 g/mol. The summed E-state index contributed by atoms with van der Waals surface area (Å²) in [5, 5.41) is 12.9. The number of hydrogen-bond donors (Lipinski definition) is 2. The molecule has 0 aliphatic rings. The van der Waals surface area contributed by atoms with Gasteiger partial charge in [0.05, 0.1) is 19.8 Å². The number of anilines is 1. The molecule has 102 valence electrons. The van der Waals surface area contributed by atoms with Crippen molar-refractivity contribution in [2.24, 2.45) is 11.8 Å². The van der Waals surface area contributed by atoms with E-state index in [0.717, 1.165) is 17.9 Å². The van der Waals surface area contributed by atoms with Crippen LogP contribution >= 0.6 is 0 Å². The first-order valence-electron chi connectivity index (χ1n) is 6.58. The van der Waals surface area contributed by atoms with Crippen LogP contribution in [0.25, 0.3) is 0 Å². The highest BCUT2D eigenvalue weighted by Crippen LogP contribution is 2.20. The zero-order valence-electron chi connectivity index (χ0n) is 11.8. The van der Waals surface area contributed by atoms with Crippen LogP contribution in [0.2, 0.25) is 0 Å². The number of aliphatic hydroxyl groups excluding tert-OH is 1. The summed E-state index contributed by atoms with van der Waals surface area (Å²) in [5.41, 5.74) is 1.02. The Kier molecular flexibility index (Phi) is 5.99. The van der Waals surface area contributed by atoms with Gasteiger partial charge in [-0.3, -0.25) is 0 Å². The molecular formula is C15H25NO2. The van der Waals surface area contributed by atoms with Gasteiger partial charge in [-0.05, 0) is 42.5 Å². The quantitative estimate of drug-likeness (QED) is 0.782. The molecule has 0 aliphatic carbocycles. The SMILES string of the molecule is COc1ccc(NC(CO)C(C)CC(C)C)cc1. The lowest BCUT2D eigenvalue weighted by atomic mass is 9.92. The number of rotatable bonds is 7. The lowest BCUT2D eigenvalue weighted by Crippen LogP contribution is -2.31. The van der Waals surface area contributed by atoms with E-state index >= 15 is 0 Å². The monoisotopic (exact) mass is 251 g/mol. The number of methoxy groups -OCH3 is 1. The van der Waals surface area contributed by atoms with Gasteiger partial charge in [0.25, 0.3) is 0 Å². The summed E-state index contributed by atoms with van der Waals surface area (Å²) >= 11 is 0. The van der Waals surface area contributed by atoms with E-state index in [0.29, 0.717) is 11.8 Å². The van der Waals surface area contributed by atoms with E-state index in [1.54, 1.807) is 7.11 Å². The lowest BCUT2D eigenvalue weighted by molar-refractivity contribution is 0.231. The Morgan fingerprint density at radius 3 is 2.22 bits per heavy atom. The maximum absolute atomic E-state index is 9.48. The van der Waals surface area contributed by atoms with Crippen molar-refractivity contribution in [2.75, 3.05) is 19.0 Å². The van der Waals surface area contributed by atoms with Gasteiger partial charge in [0.2, 0.25) is 0 Å². The Bertz CT molecular complexity index is 335. The van der Waals surface area contributed by atoms with Crippen molar-refractivity contribution in [3.05, 3.63) is 24.3 Å². The van der Waals surface area contributed by atoms with Crippen LogP contribution < -0.4 is 10.1 Å². The average Bonchev–Trinajstić information content (AvgIpc) is 2.35. The summed E-state index contributed by atoms with van der Waals surface area (Å²) in [6, 6.07) is 7.89. The van der Waals surface area contributed by atoms with Gasteiger partial charge in [-0.2, -0.15) is 0 Å². The molecule has 3 heteroatoms. The number of aliphatic hydroxyl groups is 1. The molecule has 0 radical (unpaired) electrons. The van der Waals surface area contributed by atoms with Gasteiger partial charge < -0.3 is 15.2 Å².